The minimum absolute atomic E-state index is 0.370. The molecule has 0 radical (unpaired) electrons. The summed E-state index contributed by atoms with van der Waals surface area (Å²) in [5.41, 5.74) is 1.25. The van der Waals surface area contributed by atoms with Crippen molar-refractivity contribution in [2.75, 3.05) is 0 Å². The van der Waals surface area contributed by atoms with Gasteiger partial charge in [-0.3, -0.25) is 0 Å². The van der Waals surface area contributed by atoms with Crippen LogP contribution in [0, 0.1) is 0 Å². The number of hydrogen-bond acceptors (Lipinski definition) is 3. The molecule has 5 heteroatoms. The first-order valence-electron chi connectivity index (χ1n) is 7.53. The second-order valence-corrected chi connectivity index (χ2v) is 6.82. The lowest BCUT2D eigenvalue weighted by Crippen LogP contribution is -2.57. The Labute approximate surface area is 127 Å². The van der Waals surface area contributed by atoms with E-state index < -0.39 is 17.2 Å². The summed E-state index contributed by atoms with van der Waals surface area (Å²) in [6.45, 7) is 7.62. The lowest BCUT2D eigenvalue weighted by atomic mass is 9.68. The maximum Gasteiger partial charge on any atom is 0.408 e. The molecule has 0 aliphatic heterocycles. The number of hydrogen-bond donors (Lipinski definition) is 2. The first kappa shape index (κ1) is 15.9. The standard InChI is InChI=1S/C16H24BNO3/c1-15(2,3)21-14(20)18-16(9-13(19)10-16)11-5-7-12(17-4)8-6-11/h5-8,13,17,19H,9-10H2,1-4H3,(H,18,20). The van der Waals surface area contributed by atoms with Crippen molar-refractivity contribution < 1.29 is 14.6 Å². The van der Waals surface area contributed by atoms with Gasteiger partial charge in [0.1, 0.15) is 5.60 Å². The largest absolute Gasteiger partial charge is 0.444 e. The highest BCUT2D eigenvalue weighted by molar-refractivity contribution is 6.51. The maximum absolute atomic E-state index is 12.1. The predicted molar refractivity (Wildman–Crippen MR) is 85.4 cm³/mol. The maximum atomic E-state index is 12.1. The van der Waals surface area contributed by atoms with E-state index in [1.165, 1.54) is 5.46 Å². The molecule has 114 valence electrons. The molecule has 2 rings (SSSR count). The van der Waals surface area contributed by atoms with Crippen molar-refractivity contribution in [3.63, 3.8) is 0 Å². The van der Waals surface area contributed by atoms with Crippen molar-refractivity contribution in [2.24, 2.45) is 0 Å². The van der Waals surface area contributed by atoms with Gasteiger partial charge >= 0.3 is 6.09 Å². The van der Waals surface area contributed by atoms with Gasteiger partial charge in [0.2, 0.25) is 0 Å². The van der Waals surface area contributed by atoms with Crippen molar-refractivity contribution in [1.29, 1.82) is 0 Å². The van der Waals surface area contributed by atoms with Crippen molar-refractivity contribution >= 4 is 18.8 Å². The zero-order valence-electron chi connectivity index (χ0n) is 13.3. The highest BCUT2D eigenvalue weighted by Gasteiger charge is 2.46. The summed E-state index contributed by atoms with van der Waals surface area (Å²) in [5, 5.41) is 12.6. The summed E-state index contributed by atoms with van der Waals surface area (Å²) in [6, 6.07) is 8.20. The molecule has 1 saturated carbocycles. The van der Waals surface area contributed by atoms with Crippen LogP contribution in [0.2, 0.25) is 6.82 Å². The first-order valence-corrected chi connectivity index (χ1v) is 7.53. The Bertz CT molecular complexity index is 501. The highest BCUT2D eigenvalue weighted by Crippen LogP contribution is 2.41. The second-order valence-electron chi connectivity index (χ2n) is 6.82. The monoisotopic (exact) mass is 289 g/mol. The molecule has 0 saturated heterocycles. The van der Waals surface area contributed by atoms with E-state index in [9.17, 15) is 9.90 Å². The number of aliphatic hydroxyl groups is 1. The molecular weight excluding hydrogens is 265 g/mol. The van der Waals surface area contributed by atoms with E-state index in [1.807, 2.05) is 32.9 Å². The molecule has 0 heterocycles. The van der Waals surface area contributed by atoms with Gasteiger partial charge in [-0.05, 0) is 26.3 Å². The summed E-state index contributed by atoms with van der Waals surface area (Å²) in [4.78, 5) is 12.1. The Kier molecular flexibility index (Phi) is 4.33. The number of carbonyl (C=O) groups excluding carboxylic acids is 1. The molecule has 1 aliphatic rings. The topological polar surface area (TPSA) is 58.6 Å². The first-order chi connectivity index (χ1) is 9.74. The van der Waals surface area contributed by atoms with Crippen LogP contribution in [0.15, 0.2) is 24.3 Å². The quantitative estimate of drug-likeness (QED) is 0.832. The Hall–Kier alpha value is -1.49. The fourth-order valence-corrected chi connectivity index (χ4v) is 2.71. The number of nitrogens with one attached hydrogen (secondary N) is 1. The van der Waals surface area contributed by atoms with Crippen LogP contribution < -0.4 is 10.8 Å². The lowest BCUT2D eigenvalue weighted by Gasteiger charge is -2.46. The molecule has 1 aromatic carbocycles. The fourth-order valence-electron chi connectivity index (χ4n) is 2.71. The third-order valence-corrected chi connectivity index (χ3v) is 3.82. The van der Waals surface area contributed by atoms with E-state index in [-0.39, 0.29) is 6.10 Å². The van der Waals surface area contributed by atoms with Gasteiger partial charge in [-0.1, -0.05) is 36.6 Å². The van der Waals surface area contributed by atoms with E-state index in [2.05, 4.69) is 24.3 Å². The Morgan fingerprint density at radius 2 is 1.90 bits per heavy atom. The summed E-state index contributed by atoms with van der Waals surface area (Å²) >= 11 is 0. The normalized spacial score (nSPS) is 24.9. The number of carbonyl (C=O) groups is 1. The van der Waals surface area contributed by atoms with E-state index in [1.54, 1.807) is 0 Å². The van der Waals surface area contributed by atoms with Crippen molar-refractivity contribution in [1.82, 2.24) is 5.32 Å². The summed E-state index contributed by atoms with van der Waals surface area (Å²) in [5.74, 6) is 0. The predicted octanol–water partition coefficient (Wildman–Crippen LogP) is 1.67. The SMILES string of the molecule is CBc1ccc(C2(NC(=O)OC(C)(C)C)CC(O)C2)cc1. The summed E-state index contributed by atoms with van der Waals surface area (Å²) < 4.78 is 5.34. The molecule has 0 atom stereocenters. The number of amides is 1. The van der Waals surface area contributed by atoms with Crippen LogP contribution in [0.1, 0.15) is 39.2 Å². The van der Waals surface area contributed by atoms with Crippen LogP contribution in [0.5, 0.6) is 0 Å². The Morgan fingerprint density at radius 3 is 2.33 bits per heavy atom. The van der Waals surface area contributed by atoms with Crippen LogP contribution in [-0.2, 0) is 10.3 Å². The van der Waals surface area contributed by atoms with E-state index in [0.29, 0.717) is 12.8 Å². The zero-order valence-corrected chi connectivity index (χ0v) is 13.3. The van der Waals surface area contributed by atoms with Gasteiger partial charge in [-0.2, -0.15) is 0 Å². The van der Waals surface area contributed by atoms with Crippen molar-refractivity contribution in [3.05, 3.63) is 29.8 Å². The molecule has 0 spiro atoms. The minimum atomic E-state index is -0.528. The molecule has 1 fully saturated rings. The van der Waals surface area contributed by atoms with Gasteiger partial charge in [-0.15, -0.1) is 0 Å². The molecule has 1 amide bonds. The second kappa shape index (κ2) is 5.72. The van der Waals surface area contributed by atoms with Gasteiger partial charge in [0.25, 0.3) is 0 Å². The minimum Gasteiger partial charge on any atom is -0.444 e. The molecule has 0 aromatic heterocycles. The van der Waals surface area contributed by atoms with Gasteiger partial charge in [0.15, 0.2) is 7.28 Å². The molecule has 0 bridgehead atoms. The average molecular weight is 289 g/mol. The number of ether oxygens (including phenoxy) is 1. The van der Waals surface area contributed by atoms with Gasteiger partial charge in [0, 0.05) is 12.8 Å². The van der Waals surface area contributed by atoms with Crippen molar-refractivity contribution in [2.45, 2.75) is 57.7 Å². The molecule has 4 nitrogen and oxygen atoms in total. The van der Waals surface area contributed by atoms with Gasteiger partial charge in [0.05, 0.1) is 11.6 Å². The molecule has 1 aromatic rings. The van der Waals surface area contributed by atoms with Crippen LogP contribution in [-0.4, -0.2) is 30.2 Å². The molecular formula is C16H24BNO3. The number of rotatable bonds is 3. The fraction of sp³-hybridized carbons (Fsp3) is 0.562. The van der Waals surface area contributed by atoms with E-state index in [4.69, 9.17) is 4.74 Å². The number of alkyl carbamates (subject to hydrolysis) is 1. The smallest absolute Gasteiger partial charge is 0.408 e. The third-order valence-electron chi connectivity index (χ3n) is 3.82. The third kappa shape index (κ3) is 3.79. The van der Waals surface area contributed by atoms with Crippen LogP contribution in [0.4, 0.5) is 4.79 Å². The van der Waals surface area contributed by atoms with Crippen LogP contribution in [0.25, 0.3) is 0 Å². The van der Waals surface area contributed by atoms with Crippen LogP contribution in [0.3, 0.4) is 0 Å². The molecule has 1 aliphatic carbocycles. The molecule has 2 N–H and O–H groups in total. The summed E-state index contributed by atoms with van der Waals surface area (Å²) in [6.07, 6.45) is 0.245. The van der Waals surface area contributed by atoms with Gasteiger partial charge in [-0.25, -0.2) is 4.79 Å². The Morgan fingerprint density at radius 1 is 1.33 bits per heavy atom. The number of aliphatic hydroxyl groups excluding tert-OH is 1. The van der Waals surface area contributed by atoms with Crippen LogP contribution >= 0.6 is 0 Å². The van der Waals surface area contributed by atoms with Gasteiger partial charge < -0.3 is 15.2 Å². The molecule has 0 unspecified atom stereocenters. The van der Waals surface area contributed by atoms with E-state index >= 15 is 0 Å². The van der Waals surface area contributed by atoms with Crippen molar-refractivity contribution in [3.8, 4) is 0 Å². The zero-order chi connectivity index (χ0) is 15.7. The summed E-state index contributed by atoms with van der Waals surface area (Å²) in [7, 11) is 0.982. The lowest BCUT2D eigenvalue weighted by molar-refractivity contribution is -0.0124. The highest BCUT2D eigenvalue weighted by atomic mass is 16.6. The van der Waals surface area contributed by atoms with E-state index in [0.717, 1.165) is 12.8 Å². The molecule has 21 heavy (non-hydrogen) atoms. The number of benzene rings is 1. The Balaban J connectivity index is 2.15. The average Bonchev–Trinajstić information content (AvgIpc) is 2.34.